The minimum atomic E-state index is -0.0177. The van der Waals surface area contributed by atoms with Gasteiger partial charge in [0.25, 0.3) is 0 Å². The number of hydrogen-bond acceptors (Lipinski definition) is 4. The van der Waals surface area contributed by atoms with E-state index < -0.39 is 0 Å². The number of carbonyl (C=O) groups is 1. The van der Waals surface area contributed by atoms with Crippen LogP contribution < -0.4 is 5.73 Å². The van der Waals surface area contributed by atoms with Gasteiger partial charge in [-0.3, -0.25) is 9.78 Å². The highest BCUT2D eigenvalue weighted by molar-refractivity contribution is 5.76. The van der Waals surface area contributed by atoms with Crippen LogP contribution in [0.2, 0.25) is 0 Å². The molecule has 0 radical (unpaired) electrons. The fraction of sp³-hybridized carbons (Fsp3) is 0.438. The average Bonchev–Trinajstić information content (AvgIpc) is 2.78. The second-order valence-corrected chi connectivity index (χ2v) is 5.69. The summed E-state index contributed by atoms with van der Waals surface area (Å²) < 4.78 is 1.53. The van der Waals surface area contributed by atoms with Crippen LogP contribution in [-0.4, -0.2) is 38.7 Å². The summed E-state index contributed by atoms with van der Waals surface area (Å²) in [5, 5.41) is 4.22. The van der Waals surface area contributed by atoms with E-state index in [0.717, 1.165) is 23.4 Å². The number of pyridine rings is 1. The van der Waals surface area contributed by atoms with Gasteiger partial charge in [0.15, 0.2) is 0 Å². The topological polar surface area (TPSA) is 77.0 Å². The Morgan fingerprint density at radius 2 is 2.18 bits per heavy atom. The normalized spacial score (nSPS) is 12.2. The van der Waals surface area contributed by atoms with Crippen molar-refractivity contribution < 1.29 is 4.79 Å². The van der Waals surface area contributed by atoms with Crippen LogP contribution in [0.4, 0.5) is 5.82 Å². The predicted molar refractivity (Wildman–Crippen MR) is 86.3 cm³/mol. The summed E-state index contributed by atoms with van der Waals surface area (Å²) in [7, 11) is 1.80. The molecule has 0 spiro atoms. The van der Waals surface area contributed by atoms with Crippen molar-refractivity contribution in [1.82, 2.24) is 19.7 Å². The third-order valence-electron chi connectivity index (χ3n) is 3.88. The second kappa shape index (κ2) is 6.60. The van der Waals surface area contributed by atoms with Crippen molar-refractivity contribution in [2.24, 2.45) is 0 Å². The van der Waals surface area contributed by atoms with E-state index >= 15 is 0 Å². The monoisotopic (exact) mass is 301 g/mol. The van der Waals surface area contributed by atoms with Gasteiger partial charge >= 0.3 is 0 Å². The number of aryl methyl sites for hydroxylation is 2. The maximum Gasteiger partial charge on any atom is 0.244 e. The molecule has 2 N–H and O–H groups in total. The zero-order valence-electron chi connectivity index (χ0n) is 13.6. The quantitative estimate of drug-likeness (QED) is 0.909. The van der Waals surface area contributed by atoms with E-state index in [-0.39, 0.29) is 18.5 Å². The van der Waals surface area contributed by atoms with Gasteiger partial charge in [-0.2, -0.15) is 5.10 Å². The van der Waals surface area contributed by atoms with E-state index in [0.29, 0.717) is 5.82 Å². The molecule has 6 heteroatoms. The van der Waals surface area contributed by atoms with Gasteiger partial charge < -0.3 is 10.6 Å². The molecule has 118 valence electrons. The molecule has 0 aliphatic carbocycles. The Morgan fingerprint density at radius 3 is 2.77 bits per heavy atom. The van der Waals surface area contributed by atoms with Crippen LogP contribution in [0.15, 0.2) is 24.4 Å². The summed E-state index contributed by atoms with van der Waals surface area (Å²) in [5.41, 5.74) is 8.80. The van der Waals surface area contributed by atoms with Gasteiger partial charge in [-0.25, -0.2) is 4.68 Å². The summed E-state index contributed by atoms with van der Waals surface area (Å²) in [4.78, 5) is 18.5. The maximum absolute atomic E-state index is 12.4. The molecule has 0 aromatic carbocycles. The zero-order valence-corrected chi connectivity index (χ0v) is 13.6. The molecule has 0 unspecified atom stereocenters. The van der Waals surface area contributed by atoms with Gasteiger partial charge in [0.05, 0.1) is 5.69 Å². The Labute approximate surface area is 130 Å². The van der Waals surface area contributed by atoms with Crippen molar-refractivity contribution in [3.8, 4) is 0 Å². The molecule has 2 aromatic heterocycles. The largest absolute Gasteiger partial charge is 0.384 e. The van der Waals surface area contributed by atoms with Crippen molar-refractivity contribution in [3.05, 3.63) is 41.3 Å². The van der Waals surface area contributed by atoms with E-state index in [2.05, 4.69) is 10.1 Å². The molecule has 0 bridgehead atoms. The smallest absolute Gasteiger partial charge is 0.244 e. The van der Waals surface area contributed by atoms with Gasteiger partial charge in [-0.15, -0.1) is 0 Å². The summed E-state index contributed by atoms with van der Waals surface area (Å²) in [6.07, 6.45) is 2.51. The van der Waals surface area contributed by atoms with Crippen molar-refractivity contribution in [3.63, 3.8) is 0 Å². The number of amides is 1. The first-order valence-electron chi connectivity index (χ1n) is 7.34. The summed E-state index contributed by atoms with van der Waals surface area (Å²) in [5.74, 6) is 0.489. The number of anilines is 1. The molecule has 2 rings (SSSR count). The van der Waals surface area contributed by atoms with E-state index in [1.54, 1.807) is 24.2 Å². The summed E-state index contributed by atoms with van der Waals surface area (Å²) in [6, 6.07) is 5.76. The molecular weight excluding hydrogens is 278 g/mol. The first-order valence-corrected chi connectivity index (χ1v) is 7.34. The van der Waals surface area contributed by atoms with Gasteiger partial charge in [0, 0.05) is 37.5 Å². The highest BCUT2D eigenvalue weighted by Gasteiger charge is 2.18. The van der Waals surface area contributed by atoms with Gasteiger partial charge in [-0.05, 0) is 32.4 Å². The zero-order chi connectivity index (χ0) is 16.3. The van der Waals surface area contributed by atoms with E-state index in [4.69, 9.17) is 5.73 Å². The number of nitrogen functional groups attached to an aromatic ring is 1. The molecule has 2 aromatic rings. The highest BCUT2D eigenvalue weighted by atomic mass is 16.2. The molecule has 1 atom stereocenters. The number of nitrogens with two attached hydrogens (primary N) is 1. The third-order valence-corrected chi connectivity index (χ3v) is 3.88. The van der Waals surface area contributed by atoms with Crippen LogP contribution in [0.5, 0.6) is 0 Å². The van der Waals surface area contributed by atoms with Gasteiger partial charge in [0.1, 0.15) is 12.4 Å². The Balaban J connectivity index is 2.01. The number of rotatable bonds is 5. The predicted octanol–water partition coefficient (Wildman–Crippen LogP) is 1.57. The van der Waals surface area contributed by atoms with E-state index in [1.807, 2.05) is 32.9 Å². The minimum absolute atomic E-state index is 0.0177. The van der Waals surface area contributed by atoms with Crippen LogP contribution in [0, 0.1) is 13.8 Å². The fourth-order valence-electron chi connectivity index (χ4n) is 2.33. The number of nitrogens with zero attached hydrogens (tertiary/aromatic N) is 4. The van der Waals surface area contributed by atoms with Crippen molar-refractivity contribution in [2.75, 3.05) is 12.8 Å². The number of likely N-dealkylation sites (N-methyl/N-ethyl adjacent to an activating group) is 1. The fourth-order valence-corrected chi connectivity index (χ4v) is 2.33. The molecular formula is C16H23N5O. The SMILES string of the molecule is Cc1cc(N)n(CC(=O)N(C)[C@@H](C)Cc2ncccc2C)n1. The van der Waals surface area contributed by atoms with Crippen LogP contribution in [0.3, 0.4) is 0 Å². The Bertz CT molecular complexity index is 664. The molecule has 0 aliphatic rings. The second-order valence-electron chi connectivity index (χ2n) is 5.69. The number of carbonyl (C=O) groups excluding carboxylic acids is 1. The van der Waals surface area contributed by atoms with Crippen LogP contribution >= 0.6 is 0 Å². The Kier molecular flexibility index (Phi) is 4.80. The van der Waals surface area contributed by atoms with Crippen molar-refractivity contribution >= 4 is 11.7 Å². The molecule has 0 fully saturated rings. The molecule has 6 nitrogen and oxygen atoms in total. The minimum Gasteiger partial charge on any atom is -0.384 e. The first kappa shape index (κ1) is 16.0. The summed E-state index contributed by atoms with van der Waals surface area (Å²) >= 11 is 0. The molecule has 1 amide bonds. The summed E-state index contributed by atoms with van der Waals surface area (Å²) in [6.45, 7) is 6.06. The first-order chi connectivity index (χ1) is 10.4. The van der Waals surface area contributed by atoms with Crippen LogP contribution in [0.25, 0.3) is 0 Å². The number of aromatic nitrogens is 3. The highest BCUT2D eigenvalue weighted by Crippen LogP contribution is 2.11. The lowest BCUT2D eigenvalue weighted by molar-refractivity contribution is -0.132. The van der Waals surface area contributed by atoms with Gasteiger partial charge in [-0.1, -0.05) is 6.07 Å². The van der Waals surface area contributed by atoms with E-state index in [1.165, 1.54) is 4.68 Å². The molecule has 22 heavy (non-hydrogen) atoms. The Hall–Kier alpha value is -2.37. The third kappa shape index (κ3) is 3.63. The average molecular weight is 301 g/mol. The Morgan fingerprint density at radius 1 is 1.45 bits per heavy atom. The molecule has 2 heterocycles. The lowest BCUT2D eigenvalue weighted by atomic mass is 10.1. The maximum atomic E-state index is 12.4. The lowest BCUT2D eigenvalue weighted by Crippen LogP contribution is -2.39. The van der Waals surface area contributed by atoms with Crippen LogP contribution in [-0.2, 0) is 17.8 Å². The van der Waals surface area contributed by atoms with E-state index in [9.17, 15) is 4.79 Å². The standard InChI is InChI=1S/C16H23N5O/c1-11-6-5-7-18-14(11)9-13(3)20(4)16(22)10-21-15(17)8-12(2)19-21/h5-8,13H,9-10,17H2,1-4H3/t13-/m0/s1. The molecule has 0 saturated carbocycles. The molecule has 0 saturated heterocycles. The van der Waals surface area contributed by atoms with Crippen LogP contribution in [0.1, 0.15) is 23.9 Å². The number of hydrogen-bond donors (Lipinski definition) is 1. The van der Waals surface area contributed by atoms with Crippen molar-refractivity contribution in [1.29, 1.82) is 0 Å². The van der Waals surface area contributed by atoms with Crippen molar-refractivity contribution in [2.45, 2.75) is 39.8 Å². The lowest BCUT2D eigenvalue weighted by Gasteiger charge is -2.25. The van der Waals surface area contributed by atoms with Gasteiger partial charge in [0.2, 0.25) is 5.91 Å². The molecule has 0 aliphatic heterocycles.